The maximum absolute atomic E-state index is 6.17. The molecular weight excluding hydrogens is 340 g/mol. The lowest BCUT2D eigenvalue weighted by molar-refractivity contribution is 0.147. The monoisotopic (exact) mass is 368 g/mol. The molecule has 1 atom stereocenters. The summed E-state index contributed by atoms with van der Waals surface area (Å²) in [5.74, 6) is 0. The SMILES string of the molecule is Cc1ccc(C(CCN2CCCCC2)OC(=S)Nc2ccccc2)cc1. The Hall–Kier alpha value is -1.91. The average Bonchev–Trinajstić information content (AvgIpc) is 2.67. The highest BCUT2D eigenvalue weighted by atomic mass is 32.1. The third-order valence-electron chi connectivity index (χ3n) is 4.87. The van der Waals surface area contributed by atoms with Crippen molar-refractivity contribution in [1.82, 2.24) is 4.90 Å². The van der Waals surface area contributed by atoms with Gasteiger partial charge in [-0.2, -0.15) is 0 Å². The minimum absolute atomic E-state index is 0.0266. The molecular formula is C22H28N2OS. The van der Waals surface area contributed by atoms with Crippen molar-refractivity contribution >= 4 is 23.1 Å². The van der Waals surface area contributed by atoms with Crippen LogP contribution >= 0.6 is 12.2 Å². The molecule has 1 N–H and O–H groups in total. The number of anilines is 1. The van der Waals surface area contributed by atoms with E-state index < -0.39 is 0 Å². The minimum atomic E-state index is -0.0266. The van der Waals surface area contributed by atoms with Crippen molar-refractivity contribution in [2.24, 2.45) is 0 Å². The summed E-state index contributed by atoms with van der Waals surface area (Å²) in [5, 5.41) is 3.62. The predicted octanol–water partition coefficient (Wildman–Crippen LogP) is 5.33. The van der Waals surface area contributed by atoms with E-state index >= 15 is 0 Å². The highest BCUT2D eigenvalue weighted by Crippen LogP contribution is 2.24. The smallest absolute Gasteiger partial charge is 0.261 e. The van der Waals surface area contributed by atoms with E-state index in [0.717, 1.165) is 18.7 Å². The van der Waals surface area contributed by atoms with E-state index in [1.165, 1.54) is 43.5 Å². The number of benzene rings is 2. The van der Waals surface area contributed by atoms with Gasteiger partial charge in [0.1, 0.15) is 6.10 Å². The Morgan fingerprint density at radius 3 is 2.42 bits per heavy atom. The van der Waals surface area contributed by atoms with E-state index in [4.69, 9.17) is 17.0 Å². The Labute approximate surface area is 162 Å². The quantitative estimate of drug-likeness (QED) is 0.697. The second-order valence-electron chi connectivity index (χ2n) is 6.99. The average molecular weight is 369 g/mol. The third kappa shape index (κ3) is 5.82. The molecule has 0 spiro atoms. The molecule has 26 heavy (non-hydrogen) atoms. The van der Waals surface area contributed by atoms with E-state index in [9.17, 15) is 0 Å². The van der Waals surface area contributed by atoms with Gasteiger partial charge in [-0.1, -0.05) is 54.4 Å². The summed E-state index contributed by atoms with van der Waals surface area (Å²) >= 11 is 5.46. The Balaban J connectivity index is 1.63. The van der Waals surface area contributed by atoms with Gasteiger partial charge < -0.3 is 15.0 Å². The summed E-state index contributed by atoms with van der Waals surface area (Å²) in [5.41, 5.74) is 3.40. The van der Waals surface area contributed by atoms with Crippen molar-refractivity contribution in [2.75, 3.05) is 25.0 Å². The van der Waals surface area contributed by atoms with Gasteiger partial charge in [0.15, 0.2) is 0 Å². The van der Waals surface area contributed by atoms with Crippen LogP contribution in [0.15, 0.2) is 54.6 Å². The van der Waals surface area contributed by atoms with Crippen LogP contribution in [0.25, 0.3) is 0 Å². The number of nitrogens with zero attached hydrogens (tertiary/aromatic N) is 1. The first-order valence-corrected chi connectivity index (χ1v) is 9.93. The number of thiocarbonyl (C=S) groups is 1. The molecule has 0 aromatic heterocycles. The number of ether oxygens (including phenoxy) is 1. The number of hydrogen-bond donors (Lipinski definition) is 1. The Bertz CT molecular complexity index is 681. The second-order valence-corrected chi connectivity index (χ2v) is 7.36. The highest BCUT2D eigenvalue weighted by molar-refractivity contribution is 7.80. The molecule has 1 heterocycles. The zero-order valence-corrected chi connectivity index (χ0v) is 16.3. The van der Waals surface area contributed by atoms with Crippen molar-refractivity contribution in [1.29, 1.82) is 0 Å². The lowest BCUT2D eigenvalue weighted by Crippen LogP contribution is -2.32. The molecule has 4 heteroatoms. The first-order chi connectivity index (χ1) is 12.7. The van der Waals surface area contributed by atoms with Gasteiger partial charge in [-0.15, -0.1) is 0 Å². The third-order valence-corrected chi connectivity index (χ3v) is 5.07. The summed E-state index contributed by atoms with van der Waals surface area (Å²) in [7, 11) is 0. The summed E-state index contributed by atoms with van der Waals surface area (Å²) in [4.78, 5) is 2.54. The molecule has 1 unspecified atom stereocenters. The Morgan fingerprint density at radius 2 is 1.73 bits per heavy atom. The van der Waals surface area contributed by atoms with Crippen LogP contribution in [0.5, 0.6) is 0 Å². The number of hydrogen-bond acceptors (Lipinski definition) is 3. The molecule has 1 fully saturated rings. The number of rotatable bonds is 6. The van der Waals surface area contributed by atoms with Gasteiger partial charge >= 0.3 is 0 Å². The lowest BCUT2D eigenvalue weighted by Gasteiger charge is -2.28. The fourth-order valence-corrected chi connectivity index (χ4v) is 3.59. The fourth-order valence-electron chi connectivity index (χ4n) is 3.36. The topological polar surface area (TPSA) is 24.5 Å². The van der Waals surface area contributed by atoms with E-state index in [-0.39, 0.29) is 6.10 Å². The van der Waals surface area contributed by atoms with E-state index in [0.29, 0.717) is 5.17 Å². The first-order valence-electron chi connectivity index (χ1n) is 9.52. The molecule has 0 radical (unpaired) electrons. The van der Waals surface area contributed by atoms with Gasteiger partial charge in [0, 0.05) is 18.7 Å². The first kappa shape index (κ1) is 18.9. The van der Waals surface area contributed by atoms with Crippen LogP contribution in [-0.4, -0.2) is 29.7 Å². The zero-order chi connectivity index (χ0) is 18.2. The van der Waals surface area contributed by atoms with Crippen LogP contribution in [0.1, 0.15) is 42.9 Å². The zero-order valence-electron chi connectivity index (χ0n) is 15.5. The van der Waals surface area contributed by atoms with Crippen molar-refractivity contribution in [3.8, 4) is 0 Å². The summed E-state index contributed by atoms with van der Waals surface area (Å²) in [6, 6.07) is 18.5. The molecule has 0 amide bonds. The van der Waals surface area contributed by atoms with Crippen molar-refractivity contribution < 1.29 is 4.74 Å². The number of nitrogens with one attached hydrogen (secondary N) is 1. The Kier molecular flexibility index (Phi) is 7.04. The summed E-state index contributed by atoms with van der Waals surface area (Å²) < 4.78 is 6.17. The van der Waals surface area contributed by atoms with Gasteiger partial charge in [0.25, 0.3) is 5.17 Å². The van der Waals surface area contributed by atoms with E-state index in [1.807, 2.05) is 30.3 Å². The molecule has 1 saturated heterocycles. The molecule has 0 aliphatic carbocycles. The molecule has 0 saturated carbocycles. The minimum Gasteiger partial charge on any atom is -0.463 e. The van der Waals surface area contributed by atoms with Crippen LogP contribution < -0.4 is 5.32 Å². The standard InChI is InChI=1S/C22H28N2OS/c1-18-10-12-19(13-11-18)21(14-17-24-15-6-3-7-16-24)25-22(26)23-20-8-4-2-5-9-20/h2,4-5,8-13,21H,3,6-7,14-17H2,1H3,(H,23,26). The number of piperidine rings is 1. The number of aryl methyl sites for hydroxylation is 1. The maximum Gasteiger partial charge on any atom is 0.261 e. The van der Waals surface area contributed by atoms with Crippen molar-refractivity contribution in [3.63, 3.8) is 0 Å². The molecule has 2 aromatic rings. The van der Waals surface area contributed by atoms with Gasteiger partial charge in [-0.3, -0.25) is 0 Å². The van der Waals surface area contributed by atoms with Crippen molar-refractivity contribution in [2.45, 2.75) is 38.7 Å². The van der Waals surface area contributed by atoms with E-state index in [2.05, 4.69) is 41.4 Å². The second kappa shape index (κ2) is 9.70. The van der Waals surface area contributed by atoms with Crippen LogP contribution in [0, 0.1) is 6.92 Å². The molecule has 1 aliphatic rings. The molecule has 3 rings (SSSR count). The molecule has 0 bridgehead atoms. The Morgan fingerprint density at radius 1 is 1.04 bits per heavy atom. The lowest BCUT2D eigenvalue weighted by atomic mass is 10.0. The van der Waals surface area contributed by atoms with Crippen LogP contribution in [0.2, 0.25) is 0 Å². The van der Waals surface area contributed by atoms with Gasteiger partial charge in [-0.05, 0) is 62.8 Å². The van der Waals surface area contributed by atoms with Crippen LogP contribution in [0.4, 0.5) is 5.69 Å². The van der Waals surface area contributed by atoms with E-state index in [1.54, 1.807) is 0 Å². The molecule has 1 aliphatic heterocycles. The number of likely N-dealkylation sites (tertiary alicyclic amines) is 1. The highest BCUT2D eigenvalue weighted by Gasteiger charge is 2.18. The predicted molar refractivity (Wildman–Crippen MR) is 113 cm³/mol. The maximum atomic E-state index is 6.17. The van der Waals surface area contributed by atoms with Gasteiger partial charge in [-0.25, -0.2) is 0 Å². The fraction of sp³-hybridized carbons (Fsp3) is 0.409. The van der Waals surface area contributed by atoms with Gasteiger partial charge in [0.05, 0.1) is 0 Å². The van der Waals surface area contributed by atoms with Crippen LogP contribution in [-0.2, 0) is 4.74 Å². The molecule has 138 valence electrons. The normalized spacial score (nSPS) is 16.0. The summed E-state index contributed by atoms with van der Waals surface area (Å²) in [6.07, 6.45) is 4.90. The summed E-state index contributed by atoms with van der Waals surface area (Å²) in [6.45, 7) is 5.56. The van der Waals surface area contributed by atoms with Crippen molar-refractivity contribution in [3.05, 3.63) is 65.7 Å². The van der Waals surface area contributed by atoms with Crippen LogP contribution in [0.3, 0.4) is 0 Å². The number of para-hydroxylation sites is 1. The van der Waals surface area contributed by atoms with Gasteiger partial charge in [0.2, 0.25) is 0 Å². The molecule has 2 aromatic carbocycles. The largest absolute Gasteiger partial charge is 0.463 e. The molecule has 3 nitrogen and oxygen atoms in total.